The summed E-state index contributed by atoms with van der Waals surface area (Å²) in [5.41, 5.74) is 0.152. The van der Waals surface area contributed by atoms with Crippen molar-refractivity contribution in [2.45, 2.75) is 51.0 Å². The van der Waals surface area contributed by atoms with Crippen LogP contribution in [0.25, 0.3) is 0 Å². The number of anilines is 1. The normalized spacial score (nSPS) is 19.0. The number of nitrogens with one attached hydrogen (secondary N) is 2. The topological polar surface area (TPSA) is 91.4 Å². The van der Waals surface area contributed by atoms with Crippen molar-refractivity contribution in [3.63, 3.8) is 0 Å². The lowest BCUT2D eigenvalue weighted by Crippen LogP contribution is -2.44. The molecule has 0 aromatic carbocycles. The van der Waals surface area contributed by atoms with Gasteiger partial charge in [0.25, 0.3) is 5.91 Å². The average Bonchev–Trinajstić information content (AvgIpc) is 3.08. The summed E-state index contributed by atoms with van der Waals surface area (Å²) in [5.74, 6) is 0.210. The molecule has 1 saturated carbocycles. The van der Waals surface area contributed by atoms with Gasteiger partial charge < -0.3 is 10.6 Å². The molecular formula is C17H22N4O3. The summed E-state index contributed by atoms with van der Waals surface area (Å²) < 4.78 is 0. The van der Waals surface area contributed by atoms with Crippen molar-refractivity contribution >= 4 is 23.7 Å². The van der Waals surface area contributed by atoms with Gasteiger partial charge in [-0.2, -0.15) is 0 Å². The predicted molar refractivity (Wildman–Crippen MR) is 88.3 cm³/mol. The van der Waals surface area contributed by atoms with E-state index in [0.29, 0.717) is 25.1 Å². The maximum Gasteiger partial charge on any atom is 0.325 e. The van der Waals surface area contributed by atoms with Crippen LogP contribution >= 0.6 is 0 Å². The minimum Gasteiger partial charge on any atom is -0.323 e. The number of nitrogens with zero attached hydrogens (tertiary/aromatic N) is 2. The van der Waals surface area contributed by atoms with Crippen LogP contribution < -0.4 is 10.6 Å². The molecule has 2 N–H and O–H groups in total. The quantitative estimate of drug-likeness (QED) is 0.808. The number of urea groups is 1. The minimum atomic E-state index is -0.676. The first kappa shape index (κ1) is 16.4. The fourth-order valence-electron chi connectivity index (χ4n) is 3.41. The highest BCUT2D eigenvalue weighted by Crippen LogP contribution is 2.35. The van der Waals surface area contributed by atoms with Crippen molar-refractivity contribution in [3.8, 4) is 0 Å². The molecule has 128 valence electrons. The number of carbonyl (C=O) groups excluding carboxylic acids is 3. The highest BCUT2D eigenvalue weighted by Gasteiger charge is 2.51. The molecule has 3 rings (SSSR count). The number of hydrogen-bond donors (Lipinski definition) is 2. The van der Waals surface area contributed by atoms with Gasteiger partial charge in [0.05, 0.1) is 0 Å². The van der Waals surface area contributed by atoms with Gasteiger partial charge >= 0.3 is 6.03 Å². The maximum atomic E-state index is 12.5. The fraction of sp³-hybridized carbons (Fsp3) is 0.529. The second-order valence-electron chi connectivity index (χ2n) is 6.49. The fourth-order valence-corrected chi connectivity index (χ4v) is 3.41. The minimum absolute atomic E-state index is 0.134. The van der Waals surface area contributed by atoms with Gasteiger partial charge in [-0.25, -0.2) is 9.78 Å². The molecule has 1 aromatic rings. The molecule has 4 amide bonds. The molecular weight excluding hydrogens is 308 g/mol. The number of aryl methyl sites for hydroxylation is 1. The lowest BCUT2D eigenvalue weighted by Gasteiger charge is -2.19. The Morgan fingerprint density at radius 2 is 2.08 bits per heavy atom. The summed E-state index contributed by atoms with van der Waals surface area (Å²) in [4.78, 5) is 41.9. The van der Waals surface area contributed by atoms with Crippen LogP contribution in [0, 0.1) is 6.92 Å². The van der Waals surface area contributed by atoms with Crippen molar-refractivity contribution in [3.05, 3.63) is 23.9 Å². The third-order valence-electron chi connectivity index (χ3n) is 4.64. The van der Waals surface area contributed by atoms with Crippen molar-refractivity contribution in [1.29, 1.82) is 0 Å². The monoisotopic (exact) mass is 330 g/mol. The zero-order chi connectivity index (χ0) is 17.2. The standard InChI is InChI=1S/C17H22N4O3/c1-12-6-4-7-13(18-12)19-14(22)8-5-11-21-15(23)17(20-16(21)24)9-2-3-10-17/h4,6-7H,2-3,5,8-11H2,1H3,(H,20,24)(H,18,19,22). The third-order valence-corrected chi connectivity index (χ3v) is 4.64. The molecule has 2 aliphatic rings. The summed E-state index contributed by atoms with van der Waals surface area (Å²) in [6.45, 7) is 2.12. The molecule has 0 radical (unpaired) electrons. The first-order valence-electron chi connectivity index (χ1n) is 8.38. The van der Waals surface area contributed by atoms with Crippen LogP contribution in [0.5, 0.6) is 0 Å². The highest BCUT2D eigenvalue weighted by molar-refractivity contribution is 6.07. The third kappa shape index (κ3) is 3.25. The van der Waals surface area contributed by atoms with E-state index in [9.17, 15) is 14.4 Å². The second-order valence-corrected chi connectivity index (χ2v) is 6.49. The Morgan fingerprint density at radius 3 is 2.79 bits per heavy atom. The Hall–Kier alpha value is -2.44. The molecule has 1 aliphatic carbocycles. The van der Waals surface area contributed by atoms with Gasteiger partial charge in [0.2, 0.25) is 5.91 Å². The first-order valence-corrected chi connectivity index (χ1v) is 8.38. The molecule has 1 aromatic heterocycles. The van der Waals surface area contributed by atoms with Crippen LogP contribution in [0.1, 0.15) is 44.2 Å². The van der Waals surface area contributed by atoms with Gasteiger partial charge in [-0.1, -0.05) is 18.9 Å². The van der Waals surface area contributed by atoms with Gasteiger partial charge in [-0.3, -0.25) is 14.5 Å². The van der Waals surface area contributed by atoms with E-state index < -0.39 is 5.54 Å². The van der Waals surface area contributed by atoms with Crippen LogP contribution in [0.4, 0.5) is 10.6 Å². The van der Waals surface area contributed by atoms with Crippen LogP contribution in [-0.4, -0.2) is 39.8 Å². The van der Waals surface area contributed by atoms with Gasteiger partial charge in [0, 0.05) is 18.7 Å². The zero-order valence-corrected chi connectivity index (χ0v) is 13.8. The van der Waals surface area contributed by atoms with E-state index in [4.69, 9.17) is 0 Å². The van der Waals surface area contributed by atoms with Crippen molar-refractivity contribution in [2.75, 3.05) is 11.9 Å². The summed E-state index contributed by atoms with van der Waals surface area (Å²) in [6, 6.07) is 5.08. The van der Waals surface area contributed by atoms with E-state index in [1.807, 2.05) is 19.1 Å². The van der Waals surface area contributed by atoms with Crippen molar-refractivity contribution < 1.29 is 14.4 Å². The van der Waals surface area contributed by atoms with Crippen molar-refractivity contribution in [1.82, 2.24) is 15.2 Å². The summed E-state index contributed by atoms with van der Waals surface area (Å²) in [6.07, 6.45) is 4.03. The van der Waals surface area contributed by atoms with E-state index in [-0.39, 0.29) is 30.8 Å². The van der Waals surface area contributed by atoms with Gasteiger partial charge in [-0.15, -0.1) is 0 Å². The van der Waals surface area contributed by atoms with Crippen LogP contribution in [0.15, 0.2) is 18.2 Å². The van der Waals surface area contributed by atoms with E-state index in [1.54, 1.807) is 6.07 Å². The van der Waals surface area contributed by atoms with Gasteiger partial charge in [0.1, 0.15) is 11.4 Å². The van der Waals surface area contributed by atoms with Crippen LogP contribution in [-0.2, 0) is 9.59 Å². The van der Waals surface area contributed by atoms with Gasteiger partial charge in [-0.05, 0) is 38.3 Å². The zero-order valence-electron chi connectivity index (χ0n) is 13.8. The summed E-state index contributed by atoms with van der Waals surface area (Å²) in [7, 11) is 0. The summed E-state index contributed by atoms with van der Waals surface area (Å²) >= 11 is 0. The first-order chi connectivity index (χ1) is 11.5. The Labute approximate surface area is 140 Å². The maximum absolute atomic E-state index is 12.5. The van der Waals surface area contributed by atoms with Gasteiger partial charge in [0.15, 0.2) is 0 Å². The average molecular weight is 330 g/mol. The summed E-state index contributed by atoms with van der Waals surface area (Å²) in [5, 5.41) is 5.57. The molecule has 2 fully saturated rings. The van der Waals surface area contributed by atoms with Crippen LogP contribution in [0.3, 0.4) is 0 Å². The molecule has 24 heavy (non-hydrogen) atoms. The van der Waals surface area contributed by atoms with E-state index in [0.717, 1.165) is 18.5 Å². The molecule has 0 atom stereocenters. The number of imide groups is 1. The number of pyridine rings is 1. The Morgan fingerprint density at radius 1 is 1.33 bits per heavy atom. The largest absolute Gasteiger partial charge is 0.325 e. The van der Waals surface area contributed by atoms with Crippen LogP contribution in [0.2, 0.25) is 0 Å². The molecule has 0 bridgehead atoms. The van der Waals surface area contributed by atoms with Crippen molar-refractivity contribution in [2.24, 2.45) is 0 Å². The van der Waals surface area contributed by atoms with E-state index in [2.05, 4.69) is 15.6 Å². The smallest absolute Gasteiger partial charge is 0.323 e. The Bertz CT molecular complexity index is 668. The molecule has 7 nitrogen and oxygen atoms in total. The molecule has 2 heterocycles. The lowest BCUT2D eigenvalue weighted by atomic mass is 9.98. The molecule has 0 unspecified atom stereocenters. The predicted octanol–water partition coefficient (Wildman–Crippen LogP) is 1.97. The van der Waals surface area contributed by atoms with E-state index in [1.165, 1.54) is 4.90 Å². The molecule has 1 aliphatic heterocycles. The SMILES string of the molecule is Cc1cccc(NC(=O)CCCN2C(=O)NC3(CCCC3)C2=O)n1. The van der Waals surface area contributed by atoms with E-state index >= 15 is 0 Å². The molecule has 1 saturated heterocycles. The second kappa shape index (κ2) is 6.59. The lowest BCUT2D eigenvalue weighted by molar-refractivity contribution is -0.131. The molecule has 1 spiro atoms. The Kier molecular flexibility index (Phi) is 4.51. The number of aromatic nitrogens is 1. The number of rotatable bonds is 5. The number of hydrogen-bond acceptors (Lipinski definition) is 4. The Balaban J connectivity index is 1.48. The highest BCUT2D eigenvalue weighted by atomic mass is 16.2. The number of amides is 4. The number of carbonyl (C=O) groups is 3. The molecule has 7 heteroatoms.